The van der Waals surface area contributed by atoms with Crippen LogP contribution in [0.3, 0.4) is 0 Å². The lowest BCUT2D eigenvalue weighted by molar-refractivity contribution is 0.0956. The average Bonchev–Trinajstić information content (AvgIpc) is 2.89. The van der Waals surface area contributed by atoms with Crippen LogP contribution in [0.4, 0.5) is 0 Å². The smallest absolute Gasteiger partial charge is 0.251 e. The predicted octanol–water partition coefficient (Wildman–Crippen LogP) is 4.02. The van der Waals surface area contributed by atoms with Gasteiger partial charge in [0, 0.05) is 55.5 Å². The highest BCUT2D eigenvalue weighted by Crippen LogP contribution is 2.19. The molecule has 0 bridgehead atoms. The summed E-state index contributed by atoms with van der Waals surface area (Å²) in [4.78, 5) is 16.2. The Morgan fingerprint density at radius 1 is 0.886 bits per heavy atom. The van der Waals surface area contributed by atoms with E-state index in [4.69, 9.17) is 0 Å². The molecule has 6 nitrogen and oxygen atoms in total. The second-order valence-corrected chi connectivity index (χ2v) is 11.7. The first kappa shape index (κ1) is 25.4. The van der Waals surface area contributed by atoms with E-state index in [2.05, 4.69) is 41.4 Å². The van der Waals surface area contributed by atoms with Crippen molar-refractivity contribution in [3.05, 3.63) is 95.6 Å². The number of amides is 1. The second kappa shape index (κ2) is 11.9. The molecule has 0 saturated carbocycles. The first-order valence-corrected chi connectivity index (χ1v) is 14.2. The van der Waals surface area contributed by atoms with E-state index in [0.717, 1.165) is 17.9 Å². The molecule has 3 aromatic carbocycles. The maximum absolute atomic E-state index is 12.8. The molecule has 35 heavy (non-hydrogen) atoms. The van der Waals surface area contributed by atoms with Gasteiger partial charge in [0.2, 0.25) is 10.0 Å². The van der Waals surface area contributed by atoms with Gasteiger partial charge in [-0.15, -0.1) is 11.8 Å². The van der Waals surface area contributed by atoms with Gasteiger partial charge in [-0.25, -0.2) is 8.42 Å². The first-order chi connectivity index (χ1) is 16.9. The second-order valence-electron chi connectivity index (χ2n) is 8.61. The molecule has 0 radical (unpaired) electrons. The number of carbonyl (C=O) groups is 1. The fraction of sp³-hybridized carbons (Fsp3) is 0.296. The van der Waals surface area contributed by atoms with E-state index in [9.17, 15) is 13.2 Å². The standard InChI is InChI=1S/C27H31N3O3S2/c1-22-7-13-25(14-8-22)34-20-15-28-27(31)24-11-9-23(10-12-24)21-29-16-18-30(19-17-29)35(32,33)26-5-3-2-4-6-26/h2-14H,15-21H2,1H3,(H,28,31). The molecule has 1 fully saturated rings. The van der Waals surface area contributed by atoms with Crippen LogP contribution in [0.5, 0.6) is 0 Å². The third-order valence-electron chi connectivity index (χ3n) is 6.01. The Bertz CT molecular complexity index is 1210. The topological polar surface area (TPSA) is 69.7 Å². The predicted molar refractivity (Wildman–Crippen MR) is 141 cm³/mol. The van der Waals surface area contributed by atoms with Crippen LogP contribution < -0.4 is 5.32 Å². The van der Waals surface area contributed by atoms with Gasteiger partial charge in [0.25, 0.3) is 5.91 Å². The van der Waals surface area contributed by atoms with Crippen LogP contribution in [0.1, 0.15) is 21.5 Å². The molecule has 0 aromatic heterocycles. The molecule has 1 aliphatic rings. The minimum Gasteiger partial charge on any atom is -0.351 e. The number of rotatable bonds is 9. The zero-order valence-corrected chi connectivity index (χ0v) is 21.5. The van der Waals surface area contributed by atoms with Gasteiger partial charge in [0.15, 0.2) is 0 Å². The van der Waals surface area contributed by atoms with Gasteiger partial charge in [-0.2, -0.15) is 4.31 Å². The highest BCUT2D eigenvalue weighted by atomic mass is 32.2. The summed E-state index contributed by atoms with van der Waals surface area (Å²) in [7, 11) is -3.44. The van der Waals surface area contributed by atoms with Crippen LogP contribution in [-0.4, -0.2) is 62.0 Å². The van der Waals surface area contributed by atoms with E-state index >= 15 is 0 Å². The first-order valence-electron chi connectivity index (χ1n) is 11.8. The normalized spacial score (nSPS) is 15.1. The van der Waals surface area contributed by atoms with E-state index in [1.807, 2.05) is 30.3 Å². The summed E-state index contributed by atoms with van der Waals surface area (Å²) in [5, 5.41) is 2.98. The van der Waals surface area contributed by atoms with Crippen molar-refractivity contribution in [2.75, 3.05) is 38.5 Å². The Morgan fingerprint density at radius 3 is 2.20 bits per heavy atom. The molecule has 1 amide bonds. The minimum absolute atomic E-state index is 0.0687. The van der Waals surface area contributed by atoms with Gasteiger partial charge in [-0.05, 0) is 48.9 Å². The largest absolute Gasteiger partial charge is 0.351 e. The number of carbonyl (C=O) groups excluding carboxylic acids is 1. The summed E-state index contributed by atoms with van der Waals surface area (Å²) in [6.07, 6.45) is 0. The lowest BCUT2D eigenvalue weighted by Gasteiger charge is -2.34. The Kier molecular flexibility index (Phi) is 8.62. The van der Waals surface area contributed by atoms with Crippen molar-refractivity contribution in [1.82, 2.24) is 14.5 Å². The lowest BCUT2D eigenvalue weighted by atomic mass is 10.1. The summed E-state index contributed by atoms with van der Waals surface area (Å²) < 4.78 is 27.2. The summed E-state index contributed by atoms with van der Waals surface area (Å²) in [5.74, 6) is 0.750. The van der Waals surface area contributed by atoms with Crippen LogP contribution in [0, 0.1) is 6.92 Å². The monoisotopic (exact) mass is 509 g/mol. The van der Waals surface area contributed by atoms with Crippen molar-refractivity contribution < 1.29 is 13.2 Å². The summed E-state index contributed by atoms with van der Waals surface area (Å²) in [6, 6.07) is 24.6. The van der Waals surface area contributed by atoms with Gasteiger partial charge in [0.1, 0.15) is 0 Å². The van der Waals surface area contributed by atoms with Crippen LogP contribution in [0.2, 0.25) is 0 Å². The molecule has 1 heterocycles. The van der Waals surface area contributed by atoms with Crippen LogP contribution in [-0.2, 0) is 16.6 Å². The molecule has 3 aromatic rings. The zero-order chi connectivity index (χ0) is 24.7. The van der Waals surface area contributed by atoms with Gasteiger partial charge in [-0.1, -0.05) is 48.0 Å². The fourth-order valence-electron chi connectivity index (χ4n) is 3.96. The van der Waals surface area contributed by atoms with Gasteiger partial charge in [-0.3, -0.25) is 9.69 Å². The van der Waals surface area contributed by atoms with E-state index in [1.165, 1.54) is 10.5 Å². The molecule has 0 unspecified atom stereocenters. The van der Waals surface area contributed by atoms with E-state index in [0.29, 0.717) is 43.2 Å². The summed E-state index contributed by atoms with van der Waals surface area (Å²) in [5.41, 5.74) is 2.99. The summed E-state index contributed by atoms with van der Waals surface area (Å²) >= 11 is 1.73. The van der Waals surface area contributed by atoms with Crippen molar-refractivity contribution in [2.24, 2.45) is 0 Å². The Hall–Kier alpha value is -2.65. The molecule has 0 atom stereocenters. The van der Waals surface area contributed by atoms with E-state index in [1.54, 1.807) is 40.3 Å². The third kappa shape index (κ3) is 6.95. The zero-order valence-electron chi connectivity index (χ0n) is 19.9. The number of piperazine rings is 1. The van der Waals surface area contributed by atoms with Crippen LogP contribution >= 0.6 is 11.8 Å². The molecular weight excluding hydrogens is 478 g/mol. The maximum atomic E-state index is 12.8. The lowest BCUT2D eigenvalue weighted by Crippen LogP contribution is -2.48. The number of nitrogens with one attached hydrogen (secondary N) is 1. The minimum atomic E-state index is -3.44. The molecular formula is C27H31N3O3S2. The number of aryl methyl sites for hydroxylation is 1. The molecule has 1 N–H and O–H groups in total. The molecule has 8 heteroatoms. The highest BCUT2D eigenvalue weighted by molar-refractivity contribution is 7.99. The fourth-order valence-corrected chi connectivity index (χ4v) is 6.17. The Morgan fingerprint density at radius 2 is 1.54 bits per heavy atom. The van der Waals surface area contributed by atoms with Crippen LogP contribution in [0.25, 0.3) is 0 Å². The van der Waals surface area contributed by atoms with Gasteiger partial charge in [0.05, 0.1) is 4.90 Å². The van der Waals surface area contributed by atoms with Crippen molar-refractivity contribution in [3.63, 3.8) is 0 Å². The maximum Gasteiger partial charge on any atom is 0.251 e. The Balaban J connectivity index is 1.21. The number of sulfonamides is 1. The number of benzene rings is 3. The van der Waals surface area contributed by atoms with Crippen molar-refractivity contribution in [3.8, 4) is 0 Å². The van der Waals surface area contributed by atoms with Crippen molar-refractivity contribution in [1.29, 1.82) is 0 Å². The molecule has 184 valence electrons. The number of hydrogen-bond donors (Lipinski definition) is 1. The molecule has 1 aliphatic heterocycles. The van der Waals surface area contributed by atoms with Gasteiger partial charge < -0.3 is 5.32 Å². The van der Waals surface area contributed by atoms with Gasteiger partial charge >= 0.3 is 0 Å². The van der Waals surface area contributed by atoms with E-state index < -0.39 is 10.0 Å². The molecule has 0 aliphatic carbocycles. The molecule has 0 spiro atoms. The highest BCUT2D eigenvalue weighted by Gasteiger charge is 2.28. The van der Waals surface area contributed by atoms with Crippen molar-refractivity contribution in [2.45, 2.75) is 23.3 Å². The Labute approximate surface area is 212 Å². The third-order valence-corrected chi connectivity index (χ3v) is 8.94. The number of hydrogen-bond acceptors (Lipinski definition) is 5. The van der Waals surface area contributed by atoms with Crippen LogP contribution in [0.15, 0.2) is 88.7 Å². The number of nitrogens with zero attached hydrogens (tertiary/aromatic N) is 2. The number of thioether (sulfide) groups is 1. The van der Waals surface area contributed by atoms with Crippen molar-refractivity contribution >= 4 is 27.7 Å². The SMILES string of the molecule is Cc1ccc(SCCNC(=O)c2ccc(CN3CCN(S(=O)(=O)c4ccccc4)CC3)cc2)cc1. The molecule has 4 rings (SSSR count). The van der Waals surface area contributed by atoms with E-state index in [-0.39, 0.29) is 5.91 Å². The average molecular weight is 510 g/mol. The molecule has 1 saturated heterocycles. The quantitative estimate of drug-likeness (QED) is 0.349. The summed E-state index contributed by atoms with van der Waals surface area (Å²) in [6.45, 7) is 5.69.